The Morgan fingerprint density at radius 2 is 2.00 bits per heavy atom. The molecule has 4 heteroatoms. The van der Waals surface area contributed by atoms with Crippen LogP contribution in [0.1, 0.15) is 63.0 Å². The molecule has 0 bridgehead atoms. The molecule has 0 atom stereocenters. The second-order valence-electron chi connectivity index (χ2n) is 6.49. The Balaban J connectivity index is 1.95. The molecule has 0 unspecified atom stereocenters. The normalized spacial score (nSPS) is 15.9. The van der Waals surface area contributed by atoms with Gasteiger partial charge in [-0.3, -0.25) is 4.79 Å². The molecule has 1 aromatic rings. The van der Waals surface area contributed by atoms with Gasteiger partial charge >= 0.3 is 0 Å². The monoisotopic (exact) mass is 323 g/mol. The first-order chi connectivity index (χ1) is 10.5. The van der Waals surface area contributed by atoms with Crippen molar-refractivity contribution in [3.8, 4) is 5.75 Å². The van der Waals surface area contributed by atoms with Crippen LogP contribution in [0.3, 0.4) is 0 Å². The van der Waals surface area contributed by atoms with Crippen molar-refractivity contribution in [2.75, 3.05) is 6.61 Å². The fourth-order valence-electron chi connectivity index (χ4n) is 2.91. The molecule has 1 aromatic carbocycles. The third-order valence-corrected chi connectivity index (χ3v) is 4.65. The average Bonchev–Trinajstić information content (AvgIpc) is 2.49. The number of aryl methyl sites for hydroxylation is 1. The SMILES string of the molecule is Cc1cc(OCC(=O)NC2CCCCC2)c(C(C)C)cc1Cl. The summed E-state index contributed by atoms with van der Waals surface area (Å²) in [5, 5.41) is 3.81. The van der Waals surface area contributed by atoms with E-state index in [-0.39, 0.29) is 12.5 Å². The number of ether oxygens (including phenoxy) is 1. The van der Waals surface area contributed by atoms with Gasteiger partial charge in [0.25, 0.3) is 5.91 Å². The number of carbonyl (C=O) groups excluding carboxylic acids is 1. The topological polar surface area (TPSA) is 38.3 Å². The first-order valence-electron chi connectivity index (χ1n) is 8.19. The highest BCUT2D eigenvalue weighted by Crippen LogP contribution is 2.32. The zero-order valence-corrected chi connectivity index (χ0v) is 14.5. The summed E-state index contributed by atoms with van der Waals surface area (Å²) in [5.74, 6) is 1.03. The van der Waals surface area contributed by atoms with E-state index in [1.54, 1.807) is 0 Å². The summed E-state index contributed by atoms with van der Waals surface area (Å²) in [4.78, 5) is 12.1. The van der Waals surface area contributed by atoms with Crippen molar-refractivity contribution in [3.05, 3.63) is 28.3 Å². The van der Waals surface area contributed by atoms with E-state index in [0.29, 0.717) is 12.0 Å². The van der Waals surface area contributed by atoms with Crippen molar-refractivity contribution in [2.45, 2.75) is 64.8 Å². The van der Waals surface area contributed by atoms with Crippen LogP contribution in [0, 0.1) is 6.92 Å². The summed E-state index contributed by atoms with van der Waals surface area (Å²) in [7, 11) is 0. The van der Waals surface area contributed by atoms with E-state index >= 15 is 0 Å². The Morgan fingerprint density at radius 3 is 2.64 bits per heavy atom. The Bertz CT molecular complexity index is 522. The minimum atomic E-state index is -0.0331. The van der Waals surface area contributed by atoms with Gasteiger partial charge in [-0.1, -0.05) is 44.7 Å². The maximum atomic E-state index is 12.1. The van der Waals surface area contributed by atoms with Crippen LogP contribution in [0.15, 0.2) is 12.1 Å². The van der Waals surface area contributed by atoms with Gasteiger partial charge in [-0.2, -0.15) is 0 Å². The fraction of sp³-hybridized carbons (Fsp3) is 0.611. The Labute approximate surface area is 138 Å². The predicted octanol–water partition coefficient (Wildman–Crippen LogP) is 4.60. The largest absolute Gasteiger partial charge is 0.483 e. The van der Waals surface area contributed by atoms with Crippen molar-refractivity contribution < 1.29 is 9.53 Å². The highest BCUT2D eigenvalue weighted by atomic mass is 35.5. The molecule has 0 radical (unpaired) electrons. The summed E-state index contributed by atoms with van der Waals surface area (Å²) in [6.07, 6.45) is 5.87. The molecule has 0 saturated heterocycles. The number of halogens is 1. The Morgan fingerprint density at radius 1 is 1.32 bits per heavy atom. The predicted molar refractivity (Wildman–Crippen MR) is 90.8 cm³/mol. The van der Waals surface area contributed by atoms with Crippen LogP contribution in [0.2, 0.25) is 5.02 Å². The molecule has 1 N–H and O–H groups in total. The molecule has 122 valence electrons. The molecule has 3 nitrogen and oxygen atoms in total. The smallest absolute Gasteiger partial charge is 0.258 e. The summed E-state index contributed by atoms with van der Waals surface area (Å²) < 4.78 is 5.77. The minimum absolute atomic E-state index is 0.0331. The van der Waals surface area contributed by atoms with Crippen LogP contribution in [-0.4, -0.2) is 18.6 Å². The lowest BCUT2D eigenvalue weighted by Crippen LogP contribution is -2.39. The van der Waals surface area contributed by atoms with E-state index in [1.165, 1.54) is 19.3 Å². The lowest BCUT2D eigenvalue weighted by molar-refractivity contribution is -0.124. The molecule has 2 rings (SSSR count). The highest BCUT2D eigenvalue weighted by molar-refractivity contribution is 6.31. The van der Waals surface area contributed by atoms with Gasteiger partial charge < -0.3 is 10.1 Å². The van der Waals surface area contributed by atoms with Gasteiger partial charge in [-0.25, -0.2) is 0 Å². The van der Waals surface area contributed by atoms with Crippen molar-refractivity contribution in [1.29, 1.82) is 0 Å². The van der Waals surface area contributed by atoms with E-state index < -0.39 is 0 Å². The molecule has 1 amide bonds. The third kappa shape index (κ3) is 4.64. The lowest BCUT2D eigenvalue weighted by Gasteiger charge is -2.23. The van der Waals surface area contributed by atoms with Crippen molar-refractivity contribution in [3.63, 3.8) is 0 Å². The zero-order valence-electron chi connectivity index (χ0n) is 13.7. The summed E-state index contributed by atoms with van der Waals surface area (Å²) in [5.41, 5.74) is 2.01. The standard InChI is InChI=1S/C18H26ClNO2/c1-12(2)15-10-16(19)13(3)9-17(15)22-11-18(21)20-14-7-5-4-6-8-14/h9-10,12,14H,4-8,11H2,1-3H3,(H,20,21). The number of amides is 1. The number of rotatable bonds is 5. The van der Waals surface area contributed by atoms with Crippen LogP contribution in [-0.2, 0) is 4.79 Å². The number of carbonyl (C=O) groups is 1. The van der Waals surface area contributed by atoms with Gasteiger partial charge in [-0.15, -0.1) is 0 Å². The van der Waals surface area contributed by atoms with E-state index in [1.807, 2.05) is 19.1 Å². The minimum Gasteiger partial charge on any atom is -0.483 e. The first kappa shape index (κ1) is 17.1. The lowest BCUT2D eigenvalue weighted by atomic mass is 9.95. The first-order valence-corrected chi connectivity index (χ1v) is 8.57. The Kier molecular flexibility index (Phi) is 6.13. The van der Waals surface area contributed by atoms with Crippen LogP contribution >= 0.6 is 11.6 Å². The zero-order chi connectivity index (χ0) is 16.1. The van der Waals surface area contributed by atoms with E-state index in [2.05, 4.69) is 19.2 Å². The summed E-state index contributed by atoms with van der Waals surface area (Å²) in [6, 6.07) is 4.18. The second kappa shape index (κ2) is 7.87. The molecule has 1 aliphatic rings. The molecule has 1 saturated carbocycles. The van der Waals surface area contributed by atoms with E-state index in [0.717, 1.165) is 34.7 Å². The van der Waals surface area contributed by atoms with Gasteiger partial charge in [0, 0.05) is 11.1 Å². The summed E-state index contributed by atoms with van der Waals surface area (Å²) in [6.45, 7) is 6.20. The second-order valence-corrected chi connectivity index (χ2v) is 6.89. The molecule has 0 spiro atoms. The van der Waals surface area contributed by atoms with Gasteiger partial charge in [0.15, 0.2) is 6.61 Å². The molecule has 0 aliphatic heterocycles. The molecule has 0 aromatic heterocycles. The molecule has 22 heavy (non-hydrogen) atoms. The van der Waals surface area contributed by atoms with Crippen LogP contribution in [0.4, 0.5) is 0 Å². The maximum Gasteiger partial charge on any atom is 0.258 e. The quantitative estimate of drug-likeness (QED) is 0.860. The van der Waals surface area contributed by atoms with Crippen molar-refractivity contribution >= 4 is 17.5 Å². The van der Waals surface area contributed by atoms with Gasteiger partial charge in [0.2, 0.25) is 0 Å². The maximum absolute atomic E-state index is 12.1. The van der Waals surface area contributed by atoms with Crippen molar-refractivity contribution in [2.24, 2.45) is 0 Å². The van der Waals surface area contributed by atoms with E-state index in [9.17, 15) is 4.79 Å². The number of hydrogen-bond donors (Lipinski definition) is 1. The Hall–Kier alpha value is -1.22. The molecular weight excluding hydrogens is 298 g/mol. The third-order valence-electron chi connectivity index (χ3n) is 4.24. The van der Waals surface area contributed by atoms with Crippen molar-refractivity contribution in [1.82, 2.24) is 5.32 Å². The molecule has 1 aliphatic carbocycles. The van der Waals surface area contributed by atoms with Gasteiger partial charge in [0.1, 0.15) is 5.75 Å². The molecular formula is C18H26ClNO2. The number of hydrogen-bond acceptors (Lipinski definition) is 2. The van der Waals surface area contributed by atoms with Crippen LogP contribution < -0.4 is 10.1 Å². The van der Waals surface area contributed by atoms with Gasteiger partial charge in [0.05, 0.1) is 0 Å². The van der Waals surface area contributed by atoms with Crippen LogP contribution in [0.5, 0.6) is 5.75 Å². The summed E-state index contributed by atoms with van der Waals surface area (Å²) >= 11 is 6.19. The number of benzene rings is 1. The molecule has 1 fully saturated rings. The van der Waals surface area contributed by atoms with Gasteiger partial charge in [-0.05, 0) is 48.9 Å². The highest BCUT2D eigenvalue weighted by Gasteiger charge is 2.17. The molecule has 0 heterocycles. The average molecular weight is 324 g/mol. The fourth-order valence-corrected chi connectivity index (χ4v) is 3.08. The van der Waals surface area contributed by atoms with E-state index in [4.69, 9.17) is 16.3 Å². The number of nitrogens with one attached hydrogen (secondary N) is 1. The van der Waals surface area contributed by atoms with Crippen LogP contribution in [0.25, 0.3) is 0 Å².